The fourth-order valence-electron chi connectivity index (χ4n) is 3.90. The van der Waals surface area contributed by atoms with Crippen LogP contribution in [0.4, 0.5) is 0 Å². The Morgan fingerprint density at radius 1 is 1.03 bits per heavy atom. The number of para-hydroxylation sites is 1. The first-order valence-corrected chi connectivity index (χ1v) is 10.7. The summed E-state index contributed by atoms with van der Waals surface area (Å²) in [7, 11) is 0. The quantitative estimate of drug-likeness (QED) is 0.421. The van der Waals surface area contributed by atoms with Gasteiger partial charge in [-0.05, 0) is 35.2 Å². The Hall–Kier alpha value is -3.15. The van der Waals surface area contributed by atoms with Gasteiger partial charge in [0.05, 0.1) is 18.8 Å². The third-order valence-corrected chi connectivity index (χ3v) is 6.39. The molecule has 5 rings (SSSR count). The van der Waals surface area contributed by atoms with Gasteiger partial charge in [0.1, 0.15) is 6.54 Å². The van der Waals surface area contributed by atoms with Gasteiger partial charge in [0.25, 0.3) is 0 Å². The molecule has 0 fully saturated rings. The standard InChI is InChI=1S/C24H22N4S/c1-2-5-23-20(4-1)21(16-27-23)22(24-6-3-13-29-24)15-26-14-18-7-9-19(10-8-18)28-12-11-25-17-28/h1-13,16-17,22,26-27H,14-15H2/p+1/t22-/m0/s1. The number of hydrogen-bond donors (Lipinski definition) is 2. The number of H-pyrrole nitrogens is 1. The molecule has 0 aliphatic carbocycles. The zero-order valence-corrected chi connectivity index (χ0v) is 16.8. The molecular formula is C24H23N4S+. The summed E-state index contributed by atoms with van der Waals surface area (Å²) in [4.78, 5) is 8.98. The molecule has 29 heavy (non-hydrogen) atoms. The fourth-order valence-corrected chi connectivity index (χ4v) is 4.76. The summed E-state index contributed by atoms with van der Waals surface area (Å²) in [6.45, 7) is 1.99. The summed E-state index contributed by atoms with van der Waals surface area (Å²) in [6, 6.07) is 21.7. The van der Waals surface area contributed by atoms with Crippen molar-refractivity contribution in [3.63, 3.8) is 0 Å². The molecule has 0 unspecified atom stereocenters. The zero-order chi connectivity index (χ0) is 19.5. The minimum atomic E-state index is 0.386. The Balaban J connectivity index is 1.31. The highest BCUT2D eigenvalue weighted by molar-refractivity contribution is 7.10. The average molecular weight is 400 g/mol. The smallest absolute Gasteiger partial charge is 0.101 e. The number of nitrogens with two attached hydrogens (primary N) is 1. The van der Waals surface area contributed by atoms with Gasteiger partial charge in [-0.3, -0.25) is 0 Å². The molecule has 3 N–H and O–H groups in total. The number of nitrogens with one attached hydrogen (secondary N) is 1. The van der Waals surface area contributed by atoms with Gasteiger partial charge in [0.2, 0.25) is 0 Å². The van der Waals surface area contributed by atoms with Crippen LogP contribution in [-0.2, 0) is 6.54 Å². The van der Waals surface area contributed by atoms with Crippen molar-refractivity contribution in [3.8, 4) is 5.69 Å². The van der Waals surface area contributed by atoms with Gasteiger partial charge in [-0.25, -0.2) is 4.98 Å². The largest absolute Gasteiger partial charge is 0.361 e. The van der Waals surface area contributed by atoms with E-state index in [0.29, 0.717) is 5.92 Å². The monoisotopic (exact) mass is 399 g/mol. The second-order valence-corrected chi connectivity index (χ2v) is 8.20. The predicted molar refractivity (Wildman–Crippen MR) is 119 cm³/mol. The molecule has 3 heterocycles. The first-order chi connectivity index (χ1) is 14.4. The molecule has 0 aliphatic rings. The molecule has 0 saturated carbocycles. The van der Waals surface area contributed by atoms with E-state index in [1.807, 2.05) is 28.4 Å². The third-order valence-electron chi connectivity index (χ3n) is 5.40. The molecule has 3 aromatic heterocycles. The number of rotatable bonds is 7. The molecule has 0 saturated heterocycles. The van der Waals surface area contributed by atoms with Crippen molar-refractivity contribution in [2.24, 2.45) is 0 Å². The van der Waals surface area contributed by atoms with Crippen molar-refractivity contribution in [2.45, 2.75) is 12.5 Å². The number of hydrogen-bond acceptors (Lipinski definition) is 2. The Kier molecular flexibility index (Phi) is 4.99. The molecule has 4 nitrogen and oxygen atoms in total. The zero-order valence-electron chi connectivity index (χ0n) is 16.0. The van der Waals surface area contributed by atoms with Gasteiger partial charge in [0, 0.05) is 45.6 Å². The average Bonchev–Trinajstić information content (AvgIpc) is 3.54. The van der Waals surface area contributed by atoms with Crippen LogP contribution in [0.5, 0.6) is 0 Å². The molecular weight excluding hydrogens is 376 g/mol. The van der Waals surface area contributed by atoms with Gasteiger partial charge in [-0.1, -0.05) is 36.4 Å². The molecule has 0 bridgehead atoms. The summed E-state index contributed by atoms with van der Waals surface area (Å²) >= 11 is 1.84. The maximum atomic E-state index is 4.12. The molecule has 0 spiro atoms. The Morgan fingerprint density at radius 2 is 1.93 bits per heavy atom. The van der Waals surface area contributed by atoms with Crippen molar-refractivity contribution in [2.75, 3.05) is 6.54 Å². The van der Waals surface area contributed by atoms with Gasteiger partial charge in [-0.15, -0.1) is 11.3 Å². The molecule has 0 amide bonds. The van der Waals surface area contributed by atoms with Crippen LogP contribution in [0, 0.1) is 0 Å². The van der Waals surface area contributed by atoms with Gasteiger partial charge < -0.3 is 14.9 Å². The second-order valence-electron chi connectivity index (χ2n) is 7.22. The van der Waals surface area contributed by atoms with Gasteiger partial charge in [-0.2, -0.15) is 0 Å². The number of aromatic amines is 1. The highest BCUT2D eigenvalue weighted by atomic mass is 32.1. The highest BCUT2D eigenvalue weighted by Crippen LogP contribution is 2.32. The summed E-state index contributed by atoms with van der Waals surface area (Å²) in [5.41, 5.74) is 5.06. The lowest BCUT2D eigenvalue weighted by Crippen LogP contribution is -2.83. The fraction of sp³-hybridized carbons (Fsp3) is 0.125. The second kappa shape index (κ2) is 8.07. The van der Waals surface area contributed by atoms with E-state index in [9.17, 15) is 0 Å². The number of aromatic nitrogens is 3. The van der Waals surface area contributed by atoms with Crippen LogP contribution in [0.25, 0.3) is 16.6 Å². The van der Waals surface area contributed by atoms with Crippen molar-refractivity contribution < 1.29 is 5.32 Å². The number of benzene rings is 2. The summed E-state index contributed by atoms with van der Waals surface area (Å²) < 4.78 is 2.03. The van der Waals surface area contributed by atoms with Crippen LogP contribution in [-0.4, -0.2) is 21.1 Å². The Morgan fingerprint density at radius 3 is 2.72 bits per heavy atom. The van der Waals surface area contributed by atoms with Crippen LogP contribution in [0.15, 0.2) is 91.0 Å². The summed E-state index contributed by atoms with van der Waals surface area (Å²) in [5.74, 6) is 0.386. The minimum Gasteiger partial charge on any atom is -0.361 e. The maximum absolute atomic E-state index is 4.12. The molecule has 2 aromatic carbocycles. The van der Waals surface area contributed by atoms with Crippen molar-refractivity contribution in [1.82, 2.24) is 14.5 Å². The predicted octanol–water partition coefficient (Wildman–Crippen LogP) is 4.31. The van der Waals surface area contributed by atoms with Crippen LogP contribution in [0.2, 0.25) is 0 Å². The SMILES string of the molecule is c1csc([C@@H](C[NH2+]Cc2ccc(-n3ccnc3)cc2)c2c[nH]c3ccccc23)c1. The van der Waals surface area contributed by atoms with Crippen molar-refractivity contribution >= 4 is 22.2 Å². The van der Waals surface area contributed by atoms with Crippen LogP contribution in [0.1, 0.15) is 21.9 Å². The topological polar surface area (TPSA) is 50.2 Å². The molecule has 5 heteroatoms. The van der Waals surface area contributed by atoms with Crippen LogP contribution in [0.3, 0.4) is 0 Å². The first kappa shape index (κ1) is 17.9. The van der Waals surface area contributed by atoms with E-state index in [1.54, 1.807) is 6.20 Å². The normalized spacial score (nSPS) is 12.4. The molecule has 144 valence electrons. The van der Waals surface area contributed by atoms with Gasteiger partial charge in [0.15, 0.2) is 0 Å². The van der Waals surface area contributed by atoms with E-state index in [-0.39, 0.29) is 0 Å². The van der Waals surface area contributed by atoms with E-state index in [4.69, 9.17) is 0 Å². The molecule has 1 atom stereocenters. The number of thiophene rings is 1. The molecule has 5 aromatic rings. The first-order valence-electron chi connectivity index (χ1n) is 9.87. The Labute approximate surface area is 173 Å². The van der Waals surface area contributed by atoms with E-state index in [1.165, 1.54) is 26.9 Å². The van der Waals surface area contributed by atoms with E-state index in [2.05, 4.69) is 87.5 Å². The highest BCUT2D eigenvalue weighted by Gasteiger charge is 2.20. The lowest BCUT2D eigenvalue weighted by molar-refractivity contribution is -0.671. The van der Waals surface area contributed by atoms with Crippen molar-refractivity contribution in [3.05, 3.63) is 107 Å². The van der Waals surface area contributed by atoms with Crippen LogP contribution < -0.4 is 5.32 Å². The lowest BCUT2D eigenvalue weighted by atomic mass is 9.96. The Bertz CT molecular complexity index is 1170. The minimum absolute atomic E-state index is 0.386. The van der Waals surface area contributed by atoms with E-state index < -0.39 is 0 Å². The summed E-state index contributed by atoms with van der Waals surface area (Å²) in [6.07, 6.45) is 7.78. The molecule has 0 radical (unpaired) electrons. The van der Waals surface area contributed by atoms with Gasteiger partial charge >= 0.3 is 0 Å². The van der Waals surface area contributed by atoms with E-state index in [0.717, 1.165) is 18.8 Å². The summed E-state index contributed by atoms with van der Waals surface area (Å²) in [5, 5.41) is 5.91. The van der Waals surface area contributed by atoms with Crippen molar-refractivity contribution in [1.29, 1.82) is 0 Å². The number of quaternary nitrogens is 1. The van der Waals surface area contributed by atoms with Crippen LogP contribution >= 0.6 is 11.3 Å². The third kappa shape index (κ3) is 3.75. The number of fused-ring (bicyclic) bond motifs is 1. The lowest BCUT2D eigenvalue weighted by Gasteiger charge is -2.14. The number of imidazole rings is 1. The molecule has 0 aliphatic heterocycles. The number of nitrogens with zero attached hydrogens (tertiary/aromatic N) is 2. The van der Waals surface area contributed by atoms with E-state index >= 15 is 0 Å². The maximum Gasteiger partial charge on any atom is 0.101 e.